The van der Waals surface area contributed by atoms with E-state index in [2.05, 4.69) is 10.3 Å². The number of rotatable bonds is 5. The molecular weight excluding hydrogens is 470 g/mol. The van der Waals surface area contributed by atoms with E-state index < -0.39 is 23.9 Å². The van der Waals surface area contributed by atoms with E-state index in [0.717, 1.165) is 24.1 Å². The Labute approximate surface area is 189 Å². The Morgan fingerprint density at radius 1 is 1.16 bits per heavy atom. The van der Waals surface area contributed by atoms with Crippen molar-refractivity contribution in [3.63, 3.8) is 0 Å². The van der Waals surface area contributed by atoms with Crippen molar-refractivity contribution in [1.82, 2.24) is 14.9 Å². The lowest BCUT2D eigenvalue weighted by atomic mass is 10.0. The van der Waals surface area contributed by atoms with Gasteiger partial charge in [-0.2, -0.15) is 5.10 Å². The van der Waals surface area contributed by atoms with Gasteiger partial charge in [-0.15, -0.1) is 0 Å². The molecule has 0 radical (unpaired) electrons. The zero-order valence-electron chi connectivity index (χ0n) is 16.2. The van der Waals surface area contributed by atoms with Crippen LogP contribution in [0.2, 0.25) is 10.0 Å². The lowest BCUT2D eigenvalue weighted by Gasteiger charge is -2.09. The van der Waals surface area contributed by atoms with Crippen molar-refractivity contribution in [3.8, 4) is 28.3 Å². The first kappa shape index (κ1) is 21.9. The number of alkyl halides is 2. The van der Waals surface area contributed by atoms with Crippen molar-refractivity contribution in [2.24, 2.45) is 0 Å². The van der Waals surface area contributed by atoms with E-state index in [-0.39, 0.29) is 38.3 Å². The number of carbonyl (C=O) groups is 1. The minimum Gasteiger partial charge on any atom is -0.465 e. The van der Waals surface area contributed by atoms with Crippen LogP contribution in [-0.2, 0) is 4.74 Å². The number of ether oxygens (including phenoxy) is 1. The van der Waals surface area contributed by atoms with Crippen molar-refractivity contribution >= 4 is 29.2 Å². The van der Waals surface area contributed by atoms with Crippen LogP contribution in [-0.4, -0.2) is 28.0 Å². The van der Waals surface area contributed by atoms with Gasteiger partial charge in [0.15, 0.2) is 5.76 Å². The van der Waals surface area contributed by atoms with Crippen LogP contribution in [0.5, 0.6) is 0 Å². The predicted octanol–water partition coefficient (Wildman–Crippen LogP) is 6.36. The van der Waals surface area contributed by atoms with Gasteiger partial charge in [-0.05, 0) is 30.3 Å². The summed E-state index contributed by atoms with van der Waals surface area (Å²) in [5.41, 5.74) is -0.585. The fraction of sp³-hybridized carbons (Fsp3) is 0.0952. The molecule has 32 heavy (non-hydrogen) atoms. The molecular formula is C21H12Cl2F3N3O3. The Balaban J connectivity index is 1.93. The van der Waals surface area contributed by atoms with Gasteiger partial charge < -0.3 is 9.26 Å². The molecule has 2 heterocycles. The largest absolute Gasteiger partial charge is 0.465 e. The zero-order valence-corrected chi connectivity index (χ0v) is 17.7. The minimum atomic E-state index is -3.04. The van der Waals surface area contributed by atoms with Crippen LogP contribution in [0.1, 0.15) is 22.5 Å². The van der Waals surface area contributed by atoms with Gasteiger partial charge >= 0.3 is 5.97 Å². The molecule has 2 aromatic carbocycles. The predicted molar refractivity (Wildman–Crippen MR) is 111 cm³/mol. The number of esters is 1. The molecule has 4 aromatic rings. The van der Waals surface area contributed by atoms with Crippen molar-refractivity contribution in [1.29, 1.82) is 0 Å². The van der Waals surface area contributed by atoms with Crippen molar-refractivity contribution < 1.29 is 27.2 Å². The molecule has 0 fully saturated rings. The summed E-state index contributed by atoms with van der Waals surface area (Å²) in [4.78, 5) is 12.6. The molecule has 164 valence electrons. The van der Waals surface area contributed by atoms with Crippen LogP contribution in [0.25, 0.3) is 28.3 Å². The number of halogens is 5. The van der Waals surface area contributed by atoms with E-state index in [4.69, 9.17) is 32.5 Å². The molecule has 0 N–H and O–H groups in total. The molecule has 0 aliphatic carbocycles. The van der Waals surface area contributed by atoms with E-state index in [1.807, 2.05) is 0 Å². The molecule has 0 unspecified atom stereocenters. The van der Waals surface area contributed by atoms with Crippen LogP contribution < -0.4 is 0 Å². The third-order valence-electron chi connectivity index (χ3n) is 4.59. The normalized spacial score (nSPS) is 11.2. The van der Waals surface area contributed by atoms with Crippen LogP contribution in [0.15, 0.2) is 53.2 Å². The Bertz CT molecular complexity index is 1320. The molecule has 0 spiro atoms. The van der Waals surface area contributed by atoms with Gasteiger partial charge in [0.2, 0.25) is 0 Å². The second kappa shape index (κ2) is 8.68. The van der Waals surface area contributed by atoms with Crippen LogP contribution in [0.4, 0.5) is 13.2 Å². The fourth-order valence-electron chi connectivity index (χ4n) is 3.16. The van der Waals surface area contributed by atoms with Crippen molar-refractivity contribution in [2.45, 2.75) is 6.43 Å². The lowest BCUT2D eigenvalue weighted by Crippen LogP contribution is -2.06. The van der Waals surface area contributed by atoms with Gasteiger partial charge in [-0.3, -0.25) is 0 Å². The Morgan fingerprint density at radius 2 is 1.94 bits per heavy atom. The Kier molecular flexibility index (Phi) is 5.94. The highest BCUT2D eigenvalue weighted by Gasteiger charge is 2.32. The van der Waals surface area contributed by atoms with Crippen molar-refractivity contribution in [3.05, 3.63) is 75.8 Å². The van der Waals surface area contributed by atoms with Gasteiger partial charge in [0, 0.05) is 5.56 Å². The lowest BCUT2D eigenvalue weighted by molar-refractivity contribution is 0.0601. The first-order valence-corrected chi connectivity index (χ1v) is 9.73. The summed E-state index contributed by atoms with van der Waals surface area (Å²) < 4.78 is 52.8. The van der Waals surface area contributed by atoms with E-state index >= 15 is 0 Å². The first-order valence-electron chi connectivity index (χ1n) is 8.97. The third-order valence-corrected chi connectivity index (χ3v) is 5.32. The SMILES string of the molecule is COC(=O)c1c(-c2ccc(Cl)c(Cl)c2)noc1-c1cnn(-c2cccc(F)c2)c1C(F)F. The van der Waals surface area contributed by atoms with Crippen LogP contribution >= 0.6 is 23.2 Å². The average Bonchev–Trinajstić information content (AvgIpc) is 3.39. The summed E-state index contributed by atoms with van der Waals surface area (Å²) in [7, 11) is 1.13. The van der Waals surface area contributed by atoms with E-state index in [1.54, 1.807) is 0 Å². The summed E-state index contributed by atoms with van der Waals surface area (Å²) in [5, 5.41) is 8.29. The molecule has 0 amide bonds. The van der Waals surface area contributed by atoms with Gasteiger partial charge in [0.25, 0.3) is 6.43 Å². The van der Waals surface area contributed by atoms with Crippen molar-refractivity contribution in [2.75, 3.05) is 7.11 Å². The highest BCUT2D eigenvalue weighted by Crippen LogP contribution is 2.39. The number of carbonyl (C=O) groups excluding carboxylic acids is 1. The number of methoxy groups -OCH3 is 1. The van der Waals surface area contributed by atoms with Gasteiger partial charge in [-0.1, -0.05) is 40.5 Å². The molecule has 0 saturated carbocycles. The third kappa shape index (κ3) is 3.85. The summed E-state index contributed by atoms with van der Waals surface area (Å²) in [6.45, 7) is 0. The smallest absolute Gasteiger partial charge is 0.344 e. The molecule has 6 nitrogen and oxygen atoms in total. The highest BCUT2D eigenvalue weighted by atomic mass is 35.5. The average molecular weight is 482 g/mol. The maximum atomic E-state index is 14.1. The molecule has 11 heteroatoms. The first-order chi connectivity index (χ1) is 15.3. The number of hydrogen-bond acceptors (Lipinski definition) is 5. The molecule has 0 bridgehead atoms. The van der Waals surface area contributed by atoms with Crippen LogP contribution in [0, 0.1) is 5.82 Å². The number of aromatic nitrogens is 3. The topological polar surface area (TPSA) is 70.2 Å². The number of hydrogen-bond donors (Lipinski definition) is 0. The van der Waals surface area contributed by atoms with E-state index in [0.29, 0.717) is 5.56 Å². The second-order valence-corrected chi connectivity index (χ2v) is 7.31. The molecule has 0 atom stereocenters. The van der Waals surface area contributed by atoms with E-state index in [1.165, 1.54) is 36.4 Å². The maximum absolute atomic E-state index is 14.1. The second-order valence-electron chi connectivity index (χ2n) is 6.49. The van der Waals surface area contributed by atoms with E-state index in [9.17, 15) is 18.0 Å². The van der Waals surface area contributed by atoms with Crippen LogP contribution in [0.3, 0.4) is 0 Å². The Hall–Kier alpha value is -3.30. The van der Waals surface area contributed by atoms with Gasteiger partial charge in [0.1, 0.15) is 22.8 Å². The molecule has 0 saturated heterocycles. The number of nitrogens with zero attached hydrogens (tertiary/aromatic N) is 3. The standard InChI is InChI=1S/C21H12Cl2F3N3O3/c1-31-21(30)16-17(10-5-6-14(22)15(23)7-10)28-32-19(16)13-9-27-29(18(13)20(25)26)12-4-2-3-11(24)8-12/h2-9,20H,1H3. The summed E-state index contributed by atoms with van der Waals surface area (Å²) >= 11 is 12.0. The van der Waals surface area contributed by atoms with Gasteiger partial charge in [-0.25, -0.2) is 22.6 Å². The highest BCUT2D eigenvalue weighted by molar-refractivity contribution is 6.42. The quantitative estimate of drug-likeness (QED) is 0.310. The Morgan fingerprint density at radius 3 is 2.59 bits per heavy atom. The van der Waals surface area contributed by atoms with Gasteiger partial charge in [0.05, 0.1) is 34.6 Å². The minimum absolute atomic E-state index is 0.0177. The fourth-order valence-corrected chi connectivity index (χ4v) is 3.46. The monoisotopic (exact) mass is 481 g/mol. The maximum Gasteiger partial charge on any atom is 0.344 e. The summed E-state index contributed by atoms with van der Waals surface area (Å²) in [6, 6.07) is 9.46. The summed E-state index contributed by atoms with van der Waals surface area (Å²) in [6.07, 6.45) is -1.96. The summed E-state index contributed by atoms with van der Waals surface area (Å²) in [5.74, 6) is -1.78. The molecule has 2 aromatic heterocycles. The molecule has 0 aliphatic rings. The number of benzene rings is 2. The molecule has 4 rings (SSSR count). The molecule has 0 aliphatic heterocycles. The zero-order chi connectivity index (χ0) is 23.0.